The minimum absolute atomic E-state index is 0.231. The van der Waals surface area contributed by atoms with Gasteiger partial charge in [-0.2, -0.15) is 0 Å². The standard InChI is InChI=1S/C28H34FNO4/c1-7-15(2)11-22-21-10-8-9-20-18(5)24(29)13-25(26(20)21)30-27(22)17(4)12-16(3)23(19(6)31)14-34-28(32)33/h12-13,15H,7-11,14H2,1-6H3,(H,32,33)/b17-12+,23-16-. The van der Waals surface area contributed by atoms with E-state index >= 15 is 0 Å². The first-order valence-corrected chi connectivity index (χ1v) is 11.9. The first-order chi connectivity index (χ1) is 16.0. The minimum atomic E-state index is -1.42. The van der Waals surface area contributed by atoms with Crippen LogP contribution in [0.4, 0.5) is 9.18 Å². The molecule has 1 aliphatic rings. The number of aromatic nitrogens is 1. The smallest absolute Gasteiger partial charge is 0.450 e. The Kier molecular flexibility index (Phi) is 7.90. The number of ether oxygens (including phenoxy) is 1. The van der Waals surface area contributed by atoms with Crippen molar-refractivity contribution in [3.05, 3.63) is 57.1 Å². The number of aryl methyl sites for hydroxylation is 2. The number of carbonyl (C=O) groups excluding carboxylic acids is 1. The molecule has 0 aliphatic heterocycles. The predicted molar refractivity (Wildman–Crippen MR) is 133 cm³/mol. The summed E-state index contributed by atoms with van der Waals surface area (Å²) in [6.07, 6.45) is 5.11. The zero-order valence-corrected chi connectivity index (χ0v) is 21.0. The predicted octanol–water partition coefficient (Wildman–Crippen LogP) is 6.76. The molecule has 6 heteroatoms. The molecule has 1 heterocycles. The molecule has 0 bridgehead atoms. The number of allylic oxidation sites excluding steroid dienone is 3. The molecule has 0 amide bonds. The third kappa shape index (κ3) is 5.21. The summed E-state index contributed by atoms with van der Waals surface area (Å²) < 4.78 is 19.4. The molecule has 1 atom stereocenters. The topological polar surface area (TPSA) is 76.5 Å². The summed E-state index contributed by atoms with van der Waals surface area (Å²) in [6.45, 7) is 11.1. The van der Waals surface area contributed by atoms with E-state index < -0.39 is 6.16 Å². The van der Waals surface area contributed by atoms with Gasteiger partial charge < -0.3 is 9.84 Å². The third-order valence-electron chi connectivity index (χ3n) is 6.97. The van der Waals surface area contributed by atoms with Crippen LogP contribution in [-0.4, -0.2) is 28.6 Å². The van der Waals surface area contributed by atoms with Crippen LogP contribution in [0.1, 0.15) is 75.4 Å². The Morgan fingerprint density at radius 1 is 1.24 bits per heavy atom. The summed E-state index contributed by atoms with van der Waals surface area (Å²) in [7, 11) is 0. The third-order valence-corrected chi connectivity index (χ3v) is 6.97. The Morgan fingerprint density at radius 2 is 1.91 bits per heavy atom. The number of nitrogens with zero attached hydrogens (tertiary/aromatic N) is 1. The largest absolute Gasteiger partial charge is 0.506 e. The normalized spacial score (nSPS) is 15.2. The van der Waals surface area contributed by atoms with Crippen molar-refractivity contribution in [2.24, 2.45) is 5.92 Å². The first kappa shape index (κ1) is 25.6. The van der Waals surface area contributed by atoms with Gasteiger partial charge in [-0.15, -0.1) is 0 Å². The van der Waals surface area contributed by atoms with Crippen LogP contribution in [0.2, 0.25) is 0 Å². The molecule has 1 aromatic heterocycles. The number of pyridine rings is 1. The highest BCUT2D eigenvalue weighted by Gasteiger charge is 2.24. The number of halogens is 1. The van der Waals surface area contributed by atoms with Gasteiger partial charge in [0.05, 0.1) is 11.2 Å². The van der Waals surface area contributed by atoms with E-state index in [0.717, 1.165) is 54.3 Å². The number of hydrogen-bond donors (Lipinski definition) is 1. The molecular formula is C28H34FNO4. The van der Waals surface area contributed by atoms with E-state index in [0.29, 0.717) is 28.1 Å². The maximum absolute atomic E-state index is 14.7. The Bertz CT molecular complexity index is 1210. The van der Waals surface area contributed by atoms with Crippen LogP contribution < -0.4 is 0 Å². The van der Waals surface area contributed by atoms with Gasteiger partial charge in [-0.25, -0.2) is 14.2 Å². The number of rotatable bonds is 8. The van der Waals surface area contributed by atoms with Gasteiger partial charge in [-0.1, -0.05) is 26.3 Å². The fourth-order valence-corrected chi connectivity index (χ4v) is 4.87. The monoisotopic (exact) mass is 467 g/mol. The molecule has 34 heavy (non-hydrogen) atoms. The highest BCUT2D eigenvalue weighted by molar-refractivity contribution is 5.95. The number of carboxylic acid groups (broad SMARTS) is 1. The lowest BCUT2D eigenvalue weighted by molar-refractivity contribution is -0.114. The number of Topliss-reactive ketones (excluding diaryl/α,β-unsaturated/α-hetero) is 1. The maximum atomic E-state index is 14.7. The molecule has 0 radical (unpaired) electrons. The molecular weight excluding hydrogens is 433 g/mol. The first-order valence-electron chi connectivity index (χ1n) is 11.9. The molecule has 1 aromatic carbocycles. The van der Waals surface area contributed by atoms with Crippen LogP contribution in [-0.2, 0) is 28.8 Å². The van der Waals surface area contributed by atoms with Crippen LogP contribution in [0.25, 0.3) is 16.5 Å². The molecule has 0 spiro atoms. The average molecular weight is 468 g/mol. The summed E-state index contributed by atoms with van der Waals surface area (Å²) in [5, 5.41) is 9.95. The van der Waals surface area contributed by atoms with Crippen molar-refractivity contribution in [3.63, 3.8) is 0 Å². The summed E-state index contributed by atoms with van der Waals surface area (Å²) in [5.74, 6) is -0.0143. The fraction of sp³-hybridized carbons (Fsp3) is 0.464. The van der Waals surface area contributed by atoms with E-state index in [1.807, 2.05) is 19.9 Å². The van der Waals surface area contributed by atoms with Crippen molar-refractivity contribution in [2.45, 2.75) is 73.6 Å². The van der Waals surface area contributed by atoms with Crippen molar-refractivity contribution in [1.82, 2.24) is 4.98 Å². The summed E-state index contributed by atoms with van der Waals surface area (Å²) in [4.78, 5) is 27.9. The van der Waals surface area contributed by atoms with Crippen molar-refractivity contribution in [2.75, 3.05) is 6.61 Å². The summed E-state index contributed by atoms with van der Waals surface area (Å²) in [5.41, 5.74) is 7.53. The minimum Gasteiger partial charge on any atom is -0.450 e. The van der Waals surface area contributed by atoms with Crippen molar-refractivity contribution < 1.29 is 23.8 Å². The second-order valence-electron chi connectivity index (χ2n) is 9.44. The fourth-order valence-electron chi connectivity index (χ4n) is 4.87. The van der Waals surface area contributed by atoms with Gasteiger partial charge in [0.25, 0.3) is 0 Å². The Hall–Kier alpha value is -3.02. The zero-order chi connectivity index (χ0) is 25.2. The summed E-state index contributed by atoms with van der Waals surface area (Å²) in [6, 6.07) is 1.54. The molecule has 182 valence electrons. The molecule has 3 rings (SSSR count). The highest BCUT2D eigenvalue weighted by atomic mass is 19.1. The molecule has 1 aliphatic carbocycles. The van der Waals surface area contributed by atoms with E-state index in [4.69, 9.17) is 10.1 Å². The molecule has 0 saturated heterocycles. The van der Waals surface area contributed by atoms with Gasteiger partial charge in [0.1, 0.15) is 12.4 Å². The van der Waals surface area contributed by atoms with Gasteiger partial charge in [-0.3, -0.25) is 4.79 Å². The van der Waals surface area contributed by atoms with Gasteiger partial charge in [0, 0.05) is 17.0 Å². The number of hydrogen-bond acceptors (Lipinski definition) is 4. The van der Waals surface area contributed by atoms with Gasteiger partial charge in [0.2, 0.25) is 0 Å². The SMILES string of the molecule is CCC(C)Cc1c(/C(C)=C/C(C)=C(/COC(=O)O)C(C)=O)nc2cc(F)c(C)c3c2c1CCC3. The van der Waals surface area contributed by atoms with E-state index in [-0.39, 0.29) is 18.2 Å². The maximum Gasteiger partial charge on any atom is 0.506 e. The molecule has 2 aromatic rings. The second kappa shape index (κ2) is 10.5. The van der Waals surface area contributed by atoms with Gasteiger partial charge in [0.15, 0.2) is 5.78 Å². The second-order valence-corrected chi connectivity index (χ2v) is 9.44. The molecule has 0 fully saturated rings. The highest BCUT2D eigenvalue weighted by Crippen LogP contribution is 2.38. The van der Waals surface area contributed by atoms with Crippen molar-refractivity contribution >= 4 is 28.4 Å². The Balaban J connectivity index is 2.25. The van der Waals surface area contributed by atoms with Gasteiger partial charge >= 0.3 is 6.16 Å². The van der Waals surface area contributed by atoms with E-state index in [1.165, 1.54) is 24.1 Å². The van der Waals surface area contributed by atoms with E-state index in [2.05, 4.69) is 18.6 Å². The van der Waals surface area contributed by atoms with Crippen LogP contribution in [0.15, 0.2) is 23.3 Å². The quantitative estimate of drug-likeness (QED) is 0.264. The van der Waals surface area contributed by atoms with E-state index in [9.17, 15) is 14.0 Å². The number of benzene rings is 1. The van der Waals surface area contributed by atoms with E-state index in [1.54, 1.807) is 6.92 Å². The van der Waals surface area contributed by atoms with Crippen molar-refractivity contribution in [1.29, 1.82) is 0 Å². The lowest BCUT2D eigenvalue weighted by Crippen LogP contribution is -2.14. The van der Waals surface area contributed by atoms with Crippen LogP contribution in [0.3, 0.4) is 0 Å². The average Bonchev–Trinajstić information content (AvgIpc) is 2.78. The molecule has 0 saturated carbocycles. The van der Waals surface area contributed by atoms with Crippen LogP contribution in [0, 0.1) is 18.7 Å². The Morgan fingerprint density at radius 3 is 2.53 bits per heavy atom. The lowest BCUT2D eigenvalue weighted by Gasteiger charge is -2.26. The Labute approximate surface area is 200 Å². The molecule has 5 nitrogen and oxygen atoms in total. The van der Waals surface area contributed by atoms with Gasteiger partial charge in [-0.05, 0) is 92.7 Å². The summed E-state index contributed by atoms with van der Waals surface area (Å²) >= 11 is 0. The lowest BCUT2D eigenvalue weighted by atomic mass is 9.81. The number of carbonyl (C=O) groups is 2. The van der Waals surface area contributed by atoms with Crippen molar-refractivity contribution in [3.8, 4) is 0 Å². The molecule has 1 unspecified atom stereocenters. The van der Waals surface area contributed by atoms with Crippen LogP contribution >= 0.6 is 0 Å². The zero-order valence-electron chi connectivity index (χ0n) is 21.0. The molecule has 1 N–H and O–H groups in total. The number of ketones is 1. The van der Waals surface area contributed by atoms with Crippen LogP contribution in [0.5, 0.6) is 0 Å².